The first-order valence-corrected chi connectivity index (χ1v) is 10.8. The minimum absolute atomic E-state index is 0.140. The van der Waals surface area contributed by atoms with Crippen molar-refractivity contribution in [2.24, 2.45) is 0 Å². The highest BCUT2D eigenvalue weighted by Gasteiger charge is 2.42. The number of carbonyl (C=O) groups excluding carboxylic acids is 2. The van der Waals surface area contributed by atoms with Gasteiger partial charge in [-0.05, 0) is 56.2 Å². The first-order chi connectivity index (χ1) is 16.0. The average Bonchev–Trinajstić information content (AvgIpc) is 3.14. The van der Waals surface area contributed by atoms with E-state index in [4.69, 9.17) is 4.74 Å². The van der Waals surface area contributed by atoms with Crippen LogP contribution in [0.5, 0.6) is 0 Å². The molecule has 1 fully saturated rings. The lowest BCUT2D eigenvalue weighted by Gasteiger charge is -2.33. The van der Waals surface area contributed by atoms with E-state index in [1.807, 2.05) is 6.07 Å². The fraction of sp³-hybridized carbons (Fsp3) is 0.400. The summed E-state index contributed by atoms with van der Waals surface area (Å²) in [6.07, 6.45) is -2.42. The van der Waals surface area contributed by atoms with Gasteiger partial charge >= 0.3 is 6.09 Å². The molecule has 1 aliphatic rings. The van der Waals surface area contributed by atoms with Gasteiger partial charge in [0.25, 0.3) is 0 Å². The van der Waals surface area contributed by atoms with E-state index in [-0.39, 0.29) is 13.0 Å². The Bertz CT molecular complexity index is 1020. The maximum Gasteiger partial charge on any atom is 0.408 e. The monoisotopic (exact) mass is 473 g/mol. The number of benzene rings is 2. The molecule has 1 heterocycles. The number of nitriles is 1. The van der Waals surface area contributed by atoms with Gasteiger partial charge in [-0.3, -0.25) is 4.79 Å². The molecule has 9 heteroatoms. The van der Waals surface area contributed by atoms with Crippen LogP contribution in [0.1, 0.15) is 44.2 Å². The van der Waals surface area contributed by atoms with Crippen LogP contribution in [0.4, 0.5) is 18.0 Å². The van der Waals surface area contributed by atoms with E-state index >= 15 is 0 Å². The molecule has 1 N–H and O–H groups in total. The predicted molar refractivity (Wildman–Crippen MR) is 118 cm³/mol. The Balaban J connectivity index is 2.09. The number of halogens is 3. The van der Waals surface area contributed by atoms with Gasteiger partial charge in [-0.1, -0.05) is 24.3 Å². The van der Waals surface area contributed by atoms with Crippen LogP contribution in [0.2, 0.25) is 0 Å². The highest BCUT2D eigenvalue weighted by Crippen LogP contribution is 2.32. The van der Waals surface area contributed by atoms with Gasteiger partial charge in [-0.15, -0.1) is 0 Å². The number of carbonyl (C=O) groups is 2. The molecule has 0 bridgehead atoms. The molecule has 3 atom stereocenters. The van der Waals surface area contributed by atoms with Gasteiger partial charge in [0.05, 0.1) is 12.6 Å². The molecule has 180 valence electrons. The van der Waals surface area contributed by atoms with E-state index in [0.717, 1.165) is 4.90 Å². The highest BCUT2D eigenvalue weighted by molar-refractivity contribution is 5.88. The van der Waals surface area contributed by atoms with Crippen molar-refractivity contribution in [3.05, 3.63) is 71.3 Å². The number of alkyl halides is 1. The lowest BCUT2D eigenvalue weighted by Crippen LogP contribution is -2.53. The van der Waals surface area contributed by atoms with Crippen molar-refractivity contribution in [1.82, 2.24) is 10.2 Å². The summed E-state index contributed by atoms with van der Waals surface area (Å²) >= 11 is 0. The molecular formula is C25H26F3N3O3. The molecular weight excluding hydrogens is 447 g/mol. The number of nitrogens with one attached hydrogen (secondary N) is 1. The van der Waals surface area contributed by atoms with E-state index in [9.17, 15) is 28.0 Å². The molecule has 2 aromatic carbocycles. The molecule has 0 saturated carbocycles. The van der Waals surface area contributed by atoms with E-state index in [2.05, 4.69) is 5.32 Å². The first-order valence-electron chi connectivity index (χ1n) is 10.8. The largest absolute Gasteiger partial charge is 0.444 e. The van der Waals surface area contributed by atoms with E-state index in [1.54, 1.807) is 20.8 Å². The number of likely N-dealkylation sites (tertiary alicyclic amines) is 1. The van der Waals surface area contributed by atoms with Gasteiger partial charge in [-0.25, -0.2) is 18.0 Å². The summed E-state index contributed by atoms with van der Waals surface area (Å²) in [4.78, 5) is 27.5. The molecule has 1 saturated heterocycles. The quantitative estimate of drug-likeness (QED) is 0.696. The Morgan fingerprint density at radius 3 is 2.00 bits per heavy atom. The highest BCUT2D eigenvalue weighted by atomic mass is 19.1. The summed E-state index contributed by atoms with van der Waals surface area (Å²) in [5.74, 6) is -2.61. The molecule has 0 aromatic heterocycles. The maximum absolute atomic E-state index is 14.1. The number of rotatable bonds is 5. The van der Waals surface area contributed by atoms with Crippen molar-refractivity contribution in [2.45, 2.75) is 57.0 Å². The Labute approximate surface area is 196 Å². The van der Waals surface area contributed by atoms with Crippen molar-refractivity contribution < 1.29 is 27.5 Å². The van der Waals surface area contributed by atoms with Crippen LogP contribution < -0.4 is 5.32 Å². The zero-order valence-electron chi connectivity index (χ0n) is 19.1. The fourth-order valence-corrected chi connectivity index (χ4v) is 3.97. The summed E-state index contributed by atoms with van der Waals surface area (Å²) in [5, 5.41) is 12.0. The van der Waals surface area contributed by atoms with Gasteiger partial charge in [0.1, 0.15) is 35.5 Å². The Morgan fingerprint density at radius 2 is 1.56 bits per heavy atom. The number of hydrogen-bond acceptors (Lipinski definition) is 4. The summed E-state index contributed by atoms with van der Waals surface area (Å²) in [5.41, 5.74) is 0.0325. The SMILES string of the molecule is CC(C)(C)OC(=O)N[C@H](C(=O)N1CC(F)CC1C#N)C(c1ccc(F)cc1)c1ccc(F)cc1. The zero-order chi connectivity index (χ0) is 25.0. The van der Waals surface area contributed by atoms with Crippen LogP contribution in [-0.2, 0) is 9.53 Å². The van der Waals surface area contributed by atoms with E-state index in [0.29, 0.717) is 11.1 Å². The topological polar surface area (TPSA) is 82.4 Å². The van der Waals surface area contributed by atoms with Crippen LogP contribution in [0.25, 0.3) is 0 Å². The standard InChI is InChI=1S/C25H26F3N3O3/c1-25(2,3)34-24(33)30-22(23(32)31-14-19(28)12-20(31)13-29)21(15-4-8-17(26)9-5-15)16-6-10-18(27)11-7-16/h4-11,19-22H,12,14H2,1-3H3,(H,30,33)/t19?,20?,22-/m0/s1. The van der Waals surface area contributed by atoms with Crippen molar-refractivity contribution in [1.29, 1.82) is 5.26 Å². The molecule has 0 radical (unpaired) electrons. The third-order valence-electron chi connectivity index (χ3n) is 5.41. The summed E-state index contributed by atoms with van der Waals surface area (Å²) in [6.45, 7) is 4.66. The molecule has 0 aliphatic carbocycles. The minimum atomic E-state index is -1.38. The Morgan fingerprint density at radius 1 is 1.06 bits per heavy atom. The Kier molecular flexibility index (Phi) is 7.50. The second kappa shape index (κ2) is 10.2. The second-order valence-corrected chi connectivity index (χ2v) is 9.17. The van der Waals surface area contributed by atoms with Crippen molar-refractivity contribution in [3.8, 4) is 6.07 Å². The van der Waals surface area contributed by atoms with Crippen molar-refractivity contribution >= 4 is 12.0 Å². The van der Waals surface area contributed by atoms with Gasteiger partial charge in [0.2, 0.25) is 5.91 Å². The van der Waals surface area contributed by atoms with Gasteiger partial charge in [0.15, 0.2) is 0 Å². The predicted octanol–water partition coefficient (Wildman–Crippen LogP) is 4.45. The minimum Gasteiger partial charge on any atom is -0.444 e. The third-order valence-corrected chi connectivity index (χ3v) is 5.41. The van der Waals surface area contributed by atoms with Crippen LogP contribution in [0.15, 0.2) is 48.5 Å². The second-order valence-electron chi connectivity index (χ2n) is 9.17. The summed E-state index contributed by atoms with van der Waals surface area (Å²) in [7, 11) is 0. The molecule has 34 heavy (non-hydrogen) atoms. The zero-order valence-corrected chi connectivity index (χ0v) is 19.1. The van der Waals surface area contributed by atoms with Gasteiger partial charge in [-0.2, -0.15) is 5.26 Å². The Hall–Kier alpha value is -3.54. The molecule has 3 rings (SSSR count). The molecule has 0 spiro atoms. The molecule has 2 aromatic rings. The first kappa shape index (κ1) is 25.1. The third kappa shape index (κ3) is 6.07. The average molecular weight is 473 g/mol. The fourth-order valence-electron chi connectivity index (χ4n) is 3.97. The molecule has 1 aliphatic heterocycles. The van der Waals surface area contributed by atoms with Crippen LogP contribution >= 0.6 is 0 Å². The number of amides is 2. The summed E-state index contributed by atoms with van der Waals surface area (Å²) in [6, 6.07) is 10.2. The normalized spacial score (nSPS) is 18.9. The van der Waals surface area contributed by atoms with Crippen LogP contribution in [0, 0.1) is 23.0 Å². The van der Waals surface area contributed by atoms with E-state index < -0.39 is 53.4 Å². The lowest BCUT2D eigenvalue weighted by atomic mass is 9.84. The number of alkyl carbamates (subject to hydrolysis) is 1. The van der Waals surface area contributed by atoms with Crippen LogP contribution in [0.3, 0.4) is 0 Å². The molecule has 6 nitrogen and oxygen atoms in total. The van der Waals surface area contributed by atoms with Crippen LogP contribution in [-0.4, -0.2) is 47.3 Å². The van der Waals surface area contributed by atoms with Gasteiger partial charge in [0, 0.05) is 12.3 Å². The van der Waals surface area contributed by atoms with Crippen molar-refractivity contribution in [3.63, 3.8) is 0 Å². The van der Waals surface area contributed by atoms with Crippen molar-refractivity contribution in [2.75, 3.05) is 6.54 Å². The molecule has 2 amide bonds. The maximum atomic E-state index is 14.1. The smallest absolute Gasteiger partial charge is 0.408 e. The van der Waals surface area contributed by atoms with Gasteiger partial charge < -0.3 is 15.0 Å². The number of hydrogen-bond donors (Lipinski definition) is 1. The lowest BCUT2D eigenvalue weighted by molar-refractivity contribution is -0.134. The van der Waals surface area contributed by atoms with E-state index in [1.165, 1.54) is 48.5 Å². The molecule has 2 unspecified atom stereocenters. The number of ether oxygens (including phenoxy) is 1. The number of nitrogens with zero attached hydrogens (tertiary/aromatic N) is 2. The summed E-state index contributed by atoms with van der Waals surface area (Å²) < 4.78 is 46.8.